The van der Waals surface area contributed by atoms with E-state index in [1.165, 1.54) is 0 Å². The van der Waals surface area contributed by atoms with Crippen LogP contribution < -0.4 is 10.6 Å². The molecule has 4 heteroatoms. The number of rotatable bonds is 0. The minimum atomic E-state index is -0.330. The van der Waals surface area contributed by atoms with Crippen LogP contribution in [0.15, 0.2) is 5.70 Å². The van der Waals surface area contributed by atoms with Crippen molar-refractivity contribution in [3.63, 3.8) is 0 Å². The summed E-state index contributed by atoms with van der Waals surface area (Å²) in [7, 11) is 0. The molecule has 2 N–H and O–H groups in total. The lowest BCUT2D eigenvalue weighted by molar-refractivity contribution is 0.249. The van der Waals surface area contributed by atoms with Crippen molar-refractivity contribution in [2.75, 3.05) is 6.54 Å². The van der Waals surface area contributed by atoms with E-state index in [0.29, 0.717) is 0 Å². The zero-order valence-electron chi connectivity index (χ0n) is 4.02. The molecule has 1 fully saturated rings. The van der Waals surface area contributed by atoms with E-state index in [1.807, 2.05) is 0 Å². The topological polar surface area (TPSA) is 58.2 Å². The molecule has 1 saturated heterocycles. The Bertz CT molecular complexity index is 169. The summed E-state index contributed by atoms with van der Waals surface area (Å²) in [6.45, 7) is 0.280. The fraction of sp³-hybridized carbons (Fsp3) is 0.250. The quantitative estimate of drug-likeness (QED) is 0.395. The molecule has 0 unspecified atom stereocenters. The smallest absolute Gasteiger partial charge is 0.319 e. The molecule has 1 aliphatic heterocycles. The van der Waals surface area contributed by atoms with Gasteiger partial charge in [0.05, 0.1) is 6.54 Å². The van der Waals surface area contributed by atoms with Crippen molar-refractivity contribution in [2.45, 2.75) is 0 Å². The van der Waals surface area contributed by atoms with Gasteiger partial charge in [-0.1, -0.05) is 0 Å². The van der Waals surface area contributed by atoms with Crippen LogP contribution in [0.5, 0.6) is 0 Å². The predicted octanol–water partition coefficient (Wildman–Crippen LogP) is -0.985. The van der Waals surface area contributed by atoms with Crippen LogP contribution in [0.1, 0.15) is 0 Å². The Kier molecular flexibility index (Phi) is 1.02. The Balaban J connectivity index is 2.70. The van der Waals surface area contributed by atoms with E-state index in [4.69, 9.17) is 0 Å². The third-order valence-corrected chi connectivity index (χ3v) is 0.813. The van der Waals surface area contributed by atoms with Crippen LogP contribution in [-0.2, 0) is 4.79 Å². The minimum Gasteiger partial charge on any atom is -0.331 e. The Labute approximate surface area is 45.6 Å². The minimum absolute atomic E-state index is 0.273. The van der Waals surface area contributed by atoms with Crippen molar-refractivity contribution < 1.29 is 9.59 Å². The number of amides is 2. The largest absolute Gasteiger partial charge is 0.331 e. The molecular weight excluding hydrogens is 108 g/mol. The summed E-state index contributed by atoms with van der Waals surface area (Å²) in [5.41, 5.74) is 0.273. The van der Waals surface area contributed by atoms with Crippen LogP contribution in [0, 0.1) is 0 Å². The standard InChI is InChI=1S/C4H4N2O2/c7-2-3-1-5-4(8)6-3/h1H2,(H2,5,6,8). The third-order valence-electron chi connectivity index (χ3n) is 0.813. The van der Waals surface area contributed by atoms with Crippen molar-refractivity contribution in [1.82, 2.24) is 10.6 Å². The molecule has 1 rings (SSSR count). The molecule has 0 aromatic heterocycles. The second-order valence-electron chi connectivity index (χ2n) is 1.39. The molecule has 0 aromatic rings. The summed E-state index contributed by atoms with van der Waals surface area (Å²) in [6.07, 6.45) is 0. The van der Waals surface area contributed by atoms with E-state index >= 15 is 0 Å². The second-order valence-corrected chi connectivity index (χ2v) is 1.39. The number of carbonyl (C=O) groups excluding carboxylic acids is 2. The normalized spacial score (nSPS) is 17.0. The maximum absolute atomic E-state index is 10.2. The Morgan fingerprint density at radius 3 is 2.62 bits per heavy atom. The molecule has 0 spiro atoms. The van der Waals surface area contributed by atoms with Crippen LogP contribution in [0.4, 0.5) is 4.79 Å². The lowest BCUT2D eigenvalue weighted by Gasteiger charge is -1.80. The van der Waals surface area contributed by atoms with E-state index < -0.39 is 0 Å². The first-order valence-electron chi connectivity index (χ1n) is 2.12. The second kappa shape index (κ2) is 1.68. The summed E-state index contributed by atoms with van der Waals surface area (Å²) < 4.78 is 0. The van der Waals surface area contributed by atoms with Crippen LogP contribution in [-0.4, -0.2) is 18.5 Å². The monoisotopic (exact) mass is 112 g/mol. The third kappa shape index (κ3) is 0.691. The molecule has 1 heterocycles. The number of urea groups is 1. The molecular formula is C4H4N2O2. The lowest BCUT2D eigenvalue weighted by atomic mass is 10.5. The van der Waals surface area contributed by atoms with Crippen LogP contribution >= 0.6 is 0 Å². The summed E-state index contributed by atoms with van der Waals surface area (Å²) >= 11 is 0. The van der Waals surface area contributed by atoms with Crippen molar-refractivity contribution in [2.24, 2.45) is 0 Å². The maximum Gasteiger partial charge on any atom is 0.319 e. The van der Waals surface area contributed by atoms with Gasteiger partial charge in [-0.15, -0.1) is 0 Å². The summed E-state index contributed by atoms with van der Waals surface area (Å²) in [5.74, 6) is 1.57. The van der Waals surface area contributed by atoms with Crippen LogP contribution in [0.3, 0.4) is 0 Å². The van der Waals surface area contributed by atoms with Crippen molar-refractivity contribution in [1.29, 1.82) is 0 Å². The summed E-state index contributed by atoms with van der Waals surface area (Å²) in [5, 5.41) is 4.62. The SMILES string of the molecule is O=C=C1CNC(=O)N1. The highest BCUT2D eigenvalue weighted by atomic mass is 16.2. The zero-order chi connectivity index (χ0) is 5.98. The van der Waals surface area contributed by atoms with Crippen molar-refractivity contribution >= 4 is 12.0 Å². The van der Waals surface area contributed by atoms with Gasteiger partial charge in [-0.2, -0.15) is 0 Å². The Morgan fingerprint density at radius 2 is 2.38 bits per heavy atom. The van der Waals surface area contributed by atoms with Gasteiger partial charge in [-0.3, -0.25) is 0 Å². The molecule has 0 aliphatic carbocycles. The molecule has 0 radical (unpaired) electrons. The van der Waals surface area contributed by atoms with Gasteiger partial charge in [0.2, 0.25) is 0 Å². The summed E-state index contributed by atoms with van der Waals surface area (Å²) in [6, 6.07) is -0.330. The Morgan fingerprint density at radius 1 is 1.62 bits per heavy atom. The van der Waals surface area contributed by atoms with E-state index in [2.05, 4.69) is 10.6 Å². The highest BCUT2D eigenvalue weighted by molar-refractivity contribution is 5.82. The van der Waals surface area contributed by atoms with Gasteiger partial charge in [-0.05, 0) is 0 Å². The molecule has 4 nitrogen and oxygen atoms in total. The van der Waals surface area contributed by atoms with Crippen molar-refractivity contribution in [3.8, 4) is 0 Å². The Hall–Kier alpha value is -1.28. The van der Waals surface area contributed by atoms with Crippen LogP contribution in [0.2, 0.25) is 0 Å². The van der Waals surface area contributed by atoms with Crippen molar-refractivity contribution in [3.05, 3.63) is 5.70 Å². The molecule has 1 aliphatic rings. The molecule has 8 heavy (non-hydrogen) atoms. The van der Waals surface area contributed by atoms with Gasteiger partial charge < -0.3 is 10.6 Å². The van der Waals surface area contributed by atoms with Gasteiger partial charge in [0.1, 0.15) is 11.6 Å². The first kappa shape index (κ1) is 4.87. The predicted molar refractivity (Wildman–Crippen MR) is 25.7 cm³/mol. The zero-order valence-corrected chi connectivity index (χ0v) is 4.02. The van der Waals surface area contributed by atoms with E-state index in [0.717, 1.165) is 0 Å². The summed E-state index contributed by atoms with van der Waals surface area (Å²) in [4.78, 5) is 19.9. The molecule has 2 amide bonds. The van der Waals surface area contributed by atoms with Gasteiger partial charge in [0, 0.05) is 0 Å². The highest BCUT2D eigenvalue weighted by Crippen LogP contribution is 1.85. The molecule has 0 saturated carbocycles. The molecule has 0 bridgehead atoms. The number of nitrogens with one attached hydrogen (secondary N) is 2. The van der Waals surface area contributed by atoms with Gasteiger partial charge in [0.25, 0.3) is 0 Å². The first-order valence-corrected chi connectivity index (χ1v) is 2.12. The van der Waals surface area contributed by atoms with E-state index in [9.17, 15) is 9.59 Å². The fourth-order valence-corrected chi connectivity index (χ4v) is 0.456. The fourth-order valence-electron chi connectivity index (χ4n) is 0.456. The van der Waals surface area contributed by atoms with Gasteiger partial charge in [-0.25, -0.2) is 9.59 Å². The van der Waals surface area contributed by atoms with Gasteiger partial charge >= 0.3 is 6.03 Å². The number of hydrogen-bond donors (Lipinski definition) is 2. The van der Waals surface area contributed by atoms with E-state index in [1.54, 1.807) is 5.94 Å². The average Bonchev–Trinajstić information content (AvgIpc) is 2.14. The van der Waals surface area contributed by atoms with E-state index in [-0.39, 0.29) is 18.3 Å². The van der Waals surface area contributed by atoms with Crippen LogP contribution in [0.25, 0.3) is 0 Å². The molecule has 0 atom stereocenters. The molecule has 42 valence electrons. The number of hydrogen-bond acceptors (Lipinski definition) is 2. The lowest BCUT2D eigenvalue weighted by Crippen LogP contribution is -2.20. The number of carbonyl (C=O) groups is 1. The molecule has 0 aromatic carbocycles. The average molecular weight is 112 g/mol. The first-order chi connectivity index (χ1) is 3.83. The highest BCUT2D eigenvalue weighted by Gasteiger charge is 2.12. The maximum atomic E-state index is 10.2. The van der Waals surface area contributed by atoms with Gasteiger partial charge in [0.15, 0.2) is 0 Å².